The van der Waals surface area contributed by atoms with Gasteiger partial charge in [-0.2, -0.15) is 0 Å². The minimum Gasteiger partial charge on any atom is -0.338 e. The molecule has 2 atom stereocenters. The molecule has 5 rings (SSSR count). The molecule has 0 aromatic heterocycles. The summed E-state index contributed by atoms with van der Waals surface area (Å²) in [6.07, 6.45) is 2.21. The molecule has 2 saturated heterocycles. The number of hydrogen-bond donors (Lipinski definition) is 1. The second-order valence-corrected chi connectivity index (χ2v) is 10.2. The molecule has 5 heteroatoms. The Bertz CT molecular complexity index is 1130. The van der Waals surface area contributed by atoms with E-state index >= 15 is 0 Å². The van der Waals surface area contributed by atoms with Gasteiger partial charge in [-0.3, -0.25) is 4.79 Å². The molecule has 35 heavy (non-hydrogen) atoms. The Morgan fingerprint density at radius 1 is 0.943 bits per heavy atom. The number of nitrogens with zero attached hydrogens (tertiary/aromatic N) is 2. The van der Waals surface area contributed by atoms with Crippen molar-refractivity contribution < 1.29 is 9.18 Å². The highest BCUT2D eigenvalue weighted by atomic mass is 19.1. The normalized spacial score (nSPS) is 21.6. The Morgan fingerprint density at radius 3 is 2.43 bits per heavy atom. The summed E-state index contributed by atoms with van der Waals surface area (Å²) in [6, 6.07) is 21.2. The van der Waals surface area contributed by atoms with Gasteiger partial charge in [0.1, 0.15) is 5.82 Å². The molecule has 2 heterocycles. The second kappa shape index (κ2) is 10.9. The summed E-state index contributed by atoms with van der Waals surface area (Å²) >= 11 is 0. The monoisotopic (exact) mass is 473 g/mol. The molecule has 1 amide bonds. The molecular weight excluding hydrogens is 437 g/mol. The Morgan fingerprint density at radius 2 is 1.66 bits per heavy atom. The van der Waals surface area contributed by atoms with Crippen LogP contribution in [0.25, 0.3) is 10.8 Å². The Hall–Kier alpha value is -2.76. The van der Waals surface area contributed by atoms with Gasteiger partial charge in [-0.15, -0.1) is 0 Å². The number of likely N-dealkylation sites (tertiary alicyclic amines) is 2. The SMILES string of the molecule is CCNCC1CN(C(=O)c2cccc3ccccc23)C[C@H]1CN1CCC(c2ccc(F)cc2)CC1. The highest BCUT2D eigenvalue weighted by molar-refractivity contribution is 6.07. The number of fused-ring (bicyclic) bond motifs is 1. The molecule has 1 unspecified atom stereocenters. The summed E-state index contributed by atoms with van der Waals surface area (Å²) in [4.78, 5) is 18.3. The molecule has 0 spiro atoms. The van der Waals surface area contributed by atoms with Gasteiger partial charge in [0.15, 0.2) is 0 Å². The van der Waals surface area contributed by atoms with Crippen LogP contribution in [-0.4, -0.2) is 61.5 Å². The topological polar surface area (TPSA) is 35.6 Å². The van der Waals surface area contributed by atoms with Gasteiger partial charge >= 0.3 is 0 Å². The molecular formula is C30H36FN3O. The Kier molecular flexibility index (Phi) is 7.45. The van der Waals surface area contributed by atoms with E-state index in [0.29, 0.717) is 17.8 Å². The van der Waals surface area contributed by atoms with Crippen LogP contribution in [-0.2, 0) is 0 Å². The van der Waals surface area contributed by atoms with Crippen LogP contribution in [0.15, 0.2) is 66.7 Å². The van der Waals surface area contributed by atoms with Crippen LogP contribution < -0.4 is 5.32 Å². The molecule has 0 bridgehead atoms. The molecule has 3 aromatic rings. The van der Waals surface area contributed by atoms with Crippen LogP contribution in [0.1, 0.15) is 41.6 Å². The number of amides is 1. The lowest BCUT2D eigenvalue weighted by atomic mass is 9.88. The fourth-order valence-corrected chi connectivity index (χ4v) is 5.97. The summed E-state index contributed by atoms with van der Waals surface area (Å²) in [5, 5.41) is 5.68. The third-order valence-electron chi connectivity index (χ3n) is 7.96. The van der Waals surface area contributed by atoms with Crippen LogP contribution in [0.4, 0.5) is 4.39 Å². The van der Waals surface area contributed by atoms with Crippen LogP contribution in [0.2, 0.25) is 0 Å². The van der Waals surface area contributed by atoms with Gasteiger partial charge in [0.25, 0.3) is 5.91 Å². The fourth-order valence-electron chi connectivity index (χ4n) is 5.97. The number of carbonyl (C=O) groups is 1. The molecule has 0 aliphatic carbocycles. The van der Waals surface area contributed by atoms with E-state index in [-0.39, 0.29) is 11.7 Å². The van der Waals surface area contributed by atoms with E-state index < -0.39 is 0 Å². The fraction of sp³-hybridized carbons (Fsp3) is 0.433. The number of halogens is 1. The van der Waals surface area contributed by atoms with E-state index in [1.807, 2.05) is 36.4 Å². The smallest absolute Gasteiger partial charge is 0.254 e. The first-order valence-electron chi connectivity index (χ1n) is 13.1. The lowest BCUT2D eigenvalue weighted by Crippen LogP contribution is -2.40. The van der Waals surface area contributed by atoms with Crippen LogP contribution >= 0.6 is 0 Å². The van der Waals surface area contributed by atoms with Crippen molar-refractivity contribution in [3.8, 4) is 0 Å². The summed E-state index contributed by atoms with van der Waals surface area (Å²) in [5.41, 5.74) is 2.06. The van der Waals surface area contributed by atoms with E-state index in [4.69, 9.17) is 0 Å². The molecule has 1 N–H and O–H groups in total. The first-order chi connectivity index (χ1) is 17.1. The average molecular weight is 474 g/mol. The van der Waals surface area contributed by atoms with Gasteiger partial charge < -0.3 is 15.1 Å². The first kappa shape index (κ1) is 24.0. The lowest BCUT2D eigenvalue weighted by molar-refractivity contribution is 0.0782. The zero-order valence-corrected chi connectivity index (χ0v) is 20.6. The average Bonchev–Trinajstić information content (AvgIpc) is 3.30. The minimum absolute atomic E-state index is 0.154. The molecule has 0 radical (unpaired) electrons. The van der Waals surface area contributed by atoms with E-state index in [2.05, 4.69) is 40.2 Å². The zero-order chi connectivity index (χ0) is 24.2. The molecule has 184 valence electrons. The van der Waals surface area contributed by atoms with Crippen molar-refractivity contribution in [3.05, 3.63) is 83.7 Å². The number of carbonyl (C=O) groups excluding carboxylic acids is 1. The third kappa shape index (κ3) is 5.41. The maximum atomic E-state index is 13.6. The molecule has 2 aliphatic heterocycles. The first-order valence-corrected chi connectivity index (χ1v) is 13.1. The van der Waals surface area contributed by atoms with E-state index in [1.165, 1.54) is 5.56 Å². The van der Waals surface area contributed by atoms with Crippen molar-refractivity contribution in [2.45, 2.75) is 25.7 Å². The largest absolute Gasteiger partial charge is 0.338 e. The molecule has 3 aromatic carbocycles. The van der Waals surface area contributed by atoms with Crippen LogP contribution in [0, 0.1) is 17.7 Å². The summed E-state index contributed by atoms with van der Waals surface area (Å²) in [5.74, 6) is 1.43. The lowest BCUT2D eigenvalue weighted by Gasteiger charge is -2.34. The van der Waals surface area contributed by atoms with Gasteiger partial charge in [-0.25, -0.2) is 4.39 Å². The number of benzene rings is 3. The van der Waals surface area contributed by atoms with Gasteiger partial charge in [0, 0.05) is 31.7 Å². The van der Waals surface area contributed by atoms with Gasteiger partial charge in [0.2, 0.25) is 0 Å². The Balaban J connectivity index is 1.24. The standard InChI is InChI=1S/C30H36FN3O/c1-2-32-18-25-20-34(30(35)29-9-5-7-24-6-3-4-8-28(24)29)21-26(25)19-33-16-14-23(15-17-33)22-10-12-27(31)13-11-22/h3-13,23,25-26,32H,2,14-21H2,1H3/t25?,26-/m1/s1. The molecule has 2 aliphatic rings. The predicted octanol–water partition coefficient (Wildman–Crippen LogP) is 5.16. The Labute approximate surface area is 208 Å². The van der Waals surface area contributed by atoms with Gasteiger partial charge in [-0.05, 0) is 84.8 Å². The van der Waals surface area contributed by atoms with Gasteiger partial charge in [0.05, 0.1) is 0 Å². The van der Waals surface area contributed by atoms with E-state index in [1.54, 1.807) is 12.1 Å². The maximum Gasteiger partial charge on any atom is 0.254 e. The summed E-state index contributed by atoms with van der Waals surface area (Å²) in [7, 11) is 0. The second-order valence-electron chi connectivity index (χ2n) is 10.2. The van der Waals surface area contributed by atoms with Gasteiger partial charge in [-0.1, -0.05) is 55.5 Å². The third-order valence-corrected chi connectivity index (χ3v) is 7.96. The highest BCUT2D eigenvalue weighted by Gasteiger charge is 2.37. The number of hydrogen-bond acceptors (Lipinski definition) is 3. The van der Waals surface area contributed by atoms with Crippen molar-refractivity contribution in [2.75, 3.05) is 45.8 Å². The van der Waals surface area contributed by atoms with E-state index in [9.17, 15) is 9.18 Å². The van der Waals surface area contributed by atoms with Crippen LogP contribution in [0.3, 0.4) is 0 Å². The summed E-state index contributed by atoms with van der Waals surface area (Å²) < 4.78 is 13.3. The molecule has 0 saturated carbocycles. The zero-order valence-electron chi connectivity index (χ0n) is 20.6. The molecule has 4 nitrogen and oxygen atoms in total. The maximum absolute atomic E-state index is 13.6. The molecule has 2 fully saturated rings. The predicted molar refractivity (Wildman–Crippen MR) is 140 cm³/mol. The number of piperidine rings is 1. The van der Waals surface area contributed by atoms with Crippen molar-refractivity contribution >= 4 is 16.7 Å². The number of rotatable bonds is 7. The van der Waals surface area contributed by atoms with Crippen molar-refractivity contribution in [1.29, 1.82) is 0 Å². The minimum atomic E-state index is -0.165. The van der Waals surface area contributed by atoms with Crippen molar-refractivity contribution in [3.63, 3.8) is 0 Å². The number of nitrogens with one attached hydrogen (secondary N) is 1. The van der Waals surface area contributed by atoms with Crippen molar-refractivity contribution in [2.24, 2.45) is 11.8 Å². The van der Waals surface area contributed by atoms with Crippen LogP contribution in [0.5, 0.6) is 0 Å². The highest BCUT2D eigenvalue weighted by Crippen LogP contribution is 2.32. The summed E-state index contributed by atoms with van der Waals surface area (Å²) in [6.45, 7) is 8.82. The quantitative estimate of drug-likeness (QED) is 0.515. The van der Waals surface area contributed by atoms with Crippen molar-refractivity contribution in [1.82, 2.24) is 15.1 Å². The van der Waals surface area contributed by atoms with E-state index in [0.717, 1.165) is 75.0 Å².